The minimum atomic E-state index is -0.472. The molecule has 0 spiro atoms. The maximum atomic E-state index is 12.4. The molecule has 2 amide bonds. The predicted molar refractivity (Wildman–Crippen MR) is 132 cm³/mol. The lowest BCUT2D eigenvalue weighted by atomic mass is 10.1. The molecule has 0 saturated heterocycles. The SMILES string of the molecule is Cc1cc(OCC(=O)NNC(=S)NC(=O)c2ccc(OCCC(C)C)c(Br)c2)ccc1Cl. The first-order valence-corrected chi connectivity index (χ1v) is 11.4. The van der Waals surface area contributed by atoms with Crippen LogP contribution in [0, 0.1) is 12.8 Å². The van der Waals surface area contributed by atoms with Crippen LogP contribution in [-0.4, -0.2) is 30.1 Å². The van der Waals surface area contributed by atoms with Crippen molar-refractivity contribution in [2.24, 2.45) is 5.92 Å². The first-order chi connectivity index (χ1) is 15.2. The smallest absolute Gasteiger partial charge is 0.276 e. The third kappa shape index (κ3) is 8.64. The number of ether oxygens (including phenoxy) is 2. The fraction of sp³-hybridized carbons (Fsp3) is 0.318. The van der Waals surface area contributed by atoms with Crippen molar-refractivity contribution in [3.63, 3.8) is 0 Å². The van der Waals surface area contributed by atoms with Gasteiger partial charge in [-0.15, -0.1) is 0 Å². The first-order valence-electron chi connectivity index (χ1n) is 9.87. The summed E-state index contributed by atoms with van der Waals surface area (Å²) in [5.41, 5.74) is 6.05. The van der Waals surface area contributed by atoms with E-state index in [9.17, 15) is 9.59 Å². The fourth-order valence-electron chi connectivity index (χ4n) is 2.39. The second-order valence-electron chi connectivity index (χ2n) is 7.33. The van der Waals surface area contributed by atoms with Gasteiger partial charge in [-0.25, -0.2) is 0 Å². The standard InChI is InChI=1S/C22H25BrClN3O4S/c1-13(2)8-9-30-19-7-4-15(11-17(19)23)21(29)25-22(32)27-26-20(28)12-31-16-5-6-18(24)14(3)10-16/h4-7,10-11,13H,8-9,12H2,1-3H3,(H,26,28)(H2,25,27,29,32). The third-order valence-electron chi connectivity index (χ3n) is 4.19. The summed E-state index contributed by atoms with van der Waals surface area (Å²) in [5.74, 6) is 0.811. The van der Waals surface area contributed by atoms with Crippen molar-refractivity contribution in [3.8, 4) is 11.5 Å². The predicted octanol–water partition coefficient (Wildman–Crippen LogP) is 4.55. The van der Waals surface area contributed by atoms with Gasteiger partial charge in [0.2, 0.25) is 0 Å². The normalized spacial score (nSPS) is 10.4. The molecule has 0 bridgehead atoms. The molecule has 0 aliphatic heterocycles. The molecule has 0 aromatic heterocycles. The van der Waals surface area contributed by atoms with E-state index in [1.165, 1.54) is 0 Å². The largest absolute Gasteiger partial charge is 0.492 e. The van der Waals surface area contributed by atoms with Crippen LogP contribution in [0.2, 0.25) is 5.02 Å². The van der Waals surface area contributed by atoms with E-state index in [2.05, 4.69) is 45.9 Å². The van der Waals surface area contributed by atoms with Crippen molar-refractivity contribution >= 4 is 56.7 Å². The lowest BCUT2D eigenvalue weighted by molar-refractivity contribution is -0.123. The second-order valence-corrected chi connectivity index (χ2v) is 9.00. The van der Waals surface area contributed by atoms with Gasteiger partial charge < -0.3 is 9.47 Å². The van der Waals surface area contributed by atoms with Gasteiger partial charge in [0.25, 0.3) is 11.8 Å². The summed E-state index contributed by atoms with van der Waals surface area (Å²) in [4.78, 5) is 24.3. The molecule has 2 aromatic carbocycles. The molecule has 0 atom stereocenters. The molecular weight excluding hydrogens is 518 g/mol. The van der Waals surface area contributed by atoms with Crippen molar-refractivity contribution in [1.29, 1.82) is 0 Å². The molecule has 2 rings (SSSR count). The fourth-order valence-corrected chi connectivity index (χ4v) is 3.14. The Labute approximate surface area is 206 Å². The number of rotatable bonds is 8. The van der Waals surface area contributed by atoms with Gasteiger partial charge in [0, 0.05) is 10.6 Å². The van der Waals surface area contributed by atoms with E-state index in [-0.39, 0.29) is 11.7 Å². The maximum Gasteiger partial charge on any atom is 0.276 e. The number of halogens is 2. The second kappa shape index (κ2) is 12.6. The summed E-state index contributed by atoms with van der Waals surface area (Å²) in [6, 6.07) is 10.1. The number of carbonyl (C=O) groups is 2. The number of aryl methyl sites for hydroxylation is 1. The van der Waals surface area contributed by atoms with E-state index in [0.29, 0.717) is 39.1 Å². The molecule has 0 fully saturated rings. The molecule has 2 aromatic rings. The lowest BCUT2D eigenvalue weighted by Crippen LogP contribution is -2.49. The van der Waals surface area contributed by atoms with Crippen LogP contribution < -0.4 is 25.6 Å². The molecule has 32 heavy (non-hydrogen) atoms. The highest BCUT2D eigenvalue weighted by Crippen LogP contribution is 2.26. The van der Waals surface area contributed by atoms with Crippen molar-refractivity contribution < 1.29 is 19.1 Å². The molecule has 0 heterocycles. The van der Waals surface area contributed by atoms with E-state index < -0.39 is 11.8 Å². The number of thiocarbonyl (C=S) groups is 1. The first kappa shape index (κ1) is 25.9. The molecule has 172 valence electrons. The molecular formula is C22H25BrClN3O4S. The molecule has 0 saturated carbocycles. The average molecular weight is 543 g/mol. The molecule has 0 radical (unpaired) electrons. The lowest BCUT2D eigenvalue weighted by Gasteiger charge is -2.13. The Balaban J connectivity index is 1.77. The number of hydrazine groups is 1. The zero-order valence-corrected chi connectivity index (χ0v) is 21.1. The minimum Gasteiger partial charge on any atom is -0.492 e. The van der Waals surface area contributed by atoms with Crippen LogP contribution >= 0.6 is 39.7 Å². The van der Waals surface area contributed by atoms with Gasteiger partial charge in [0.05, 0.1) is 11.1 Å². The Kier molecular flexibility index (Phi) is 10.2. The number of carbonyl (C=O) groups excluding carboxylic acids is 2. The van der Waals surface area contributed by atoms with E-state index in [1.807, 2.05) is 6.92 Å². The zero-order chi connectivity index (χ0) is 23.7. The van der Waals surface area contributed by atoms with Crippen LogP contribution in [0.4, 0.5) is 0 Å². The molecule has 0 aliphatic rings. The number of amides is 2. The summed E-state index contributed by atoms with van der Waals surface area (Å²) in [6.07, 6.45) is 0.935. The topological polar surface area (TPSA) is 88.7 Å². The van der Waals surface area contributed by atoms with Gasteiger partial charge in [-0.05, 0) is 89.4 Å². The Morgan fingerprint density at radius 1 is 1.12 bits per heavy atom. The Bertz CT molecular complexity index is 988. The van der Waals surface area contributed by atoms with E-state index in [1.54, 1.807) is 36.4 Å². The minimum absolute atomic E-state index is 0.0564. The van der Waals surface area contributed by atoms with Crippen LogP contribution in [-0.2, 0) is 4.79 Å². The zero-order valence-electron chi connectivity index (χ0n) is 18.0. The summed E-state index contributed by atoms with van der Waals surface area (Å²) in [6.45, 7) is 6.44. The van der Waals surface area contributed by atoms with Crippen LogP contribution in [0.1, 0.15) is 36.2 Å². The van der Waals surface area contributed by atoms with Gasteiger partial charge in [0.1, 0.15) is 11.5 Å². The van der Waals surface area contributed by atoms with Crippen LogP contribution in [0.25, 0.3) is 0 Å². The van der Waals surface area contributed by atoms with Crippen LogP contribution in [0.5, 0.6) is 11.5 Å². The quantitative estimate of drug-likeness (QED) is 0.335. The summed E-state index contributed by atoms with van der Waals surface area (Å²) >= 11 is 14.4. The van der Waals surface area contributed by atoms with Crippen molar-refractivity contribution in [3.05, 3.63) is 57.0 Å². The number of benzene rings is 2. The van der Waals surface area contributed by atoms with Gasteiger partial charge in [-0.2, -0.15) is 0 Å². The Morgan fingerprint density at radius 3 is 2.53 bits per heavy atom. The summed E-state index contributed by atoms with van der Waals surface area (Å²) < 4.78 is 11.8. The van der Waals surface area contributed by atoms with Gasteiger partial charge in [-0.3, -0.25) is 25.8 Å². The average Bonchev–Trinajstić information content (AvgIpc) is 2.74. The highest BCUT2D eigenvalue weighted by Gasteiger charge is 2.12. The summed E-state index contributed by atoms with van der Waals surface area (Å²) in [7, 11) is 0. The van der Waals surface area contributed by atoms with Gasteiger partial charge in [-0.1, -0.05) is 25.4 Å². The third-order valence-corrected chi connectivity index (χ3v) is 5.44. The molecule has 0 unspecified atom stereocenters. The molecule has 7 nitrogen and oxygen atoms in total. The Morgan fingerprint density at radius 2 is 1.88 bits per heavy atom. The van der Waals surface area contributed by atoms with Crippen LogP contribution in [0.3, 0.4) is 0 Å². The molecule has 3 N–H and O–H groups in total. The maximum absolute atomic E-state index is 12.4. The van der Waals surface area contributed by atoms with Crippen molar-refractivity contribution in [1.82, 2.24) is 16.2 Å². The Hall–Kier alpha value is -2.36. The van der Waals surface area contributed by atoms with Gasteiger partial charge >= 0.3 is 0 Å². The van der Waals surface area contributed by atoms with Crippen molar-refractivity contribution in [2.75, 3.05) is 13.2 Å². The molecule has 10 heteroatoms. The summed E-state index contributed by atoms with van der Waals surface area (Å²) in [5, 5.41) is 3.05. The van der Waals surface area contributed by atoms with Gasteiger partial charge in [0.15, 0.2) is 11.7 Å². The number of hydrogen-bond acceptors (Lipinski definition) is 5. The highest BCUT2D eigenvalue weighted by atomic mass is 79.9. The van der Waals surface area contributed by atoms with E-state index >= 15 is 0 Å². The van der Waals surface area contributed by atoms with Crippen LogP contribution in [0.15, 0.2) is 40.9 Å². The van der Waals surface area contributed by atoms with Crippen molar-refractivity contribution in [2.45, 2.75) is 27.2 Å². The molecule has 0 aliphatic carbocycles. The monoisotopic (exact) mass is 541 g/mol. The number of hydrogen-bond donors (Lipinski definition) is 3. The van der Waals surface area contributed by atoms with E-state index in [0.717, 1.165) is 12.0 Å². The number of nitrogens with one attached hydrogen (secondary N) is 3. The van der Waals surface area contributed by atoms with E-state index in [4.69, 9.17) is 33.3 Å². The highest BCUT2D eigenvalue weighted by molar-refractivity contribution is 9.10.